The van der Waals surface area contributed by atoms with Gasteiger partial charge in [-0.15, -0.1) is 11.3 Å². The number of nitrogens with two attached hydrogens (primary N) is 1. The molecule has 0 aliphatic rings. The van der Waals surface area contributed by atoms with Gasteiger partial charge in [-0.2, -0.15) is 0 Å². The summed E-state index contributed by atoms with van der Waals surface area (Å²) in [5, 5.41) is 1.04. The van der Waals surface area contributed by atoms with Gasteiger partial charge in [-0.25, -0.2) is 8.78 Å². The predicted octanol–water partition coefficient (Wildman–Crippen LogP) is 4.22. The molecular weight excluding hydrogens is 292 g/mol. The molecule has 0 spiro atoms. The van der Waals surface area contributed by atoms with Crippen LogP contribution in [0.15, 0.2) is 42.5 Å². The summed E-state index contributed by atoms with van der Waals surface area (Å²) in [4.78, 5) is 0.994. The summed E-state index contributed by atoms with van der Waals surface area (Å²) in [6.45, 7) is 0.556. The van der Waals surface area contributed by atoms with Crippen molar-refractivity contribution in [3.63, 3.8) is 0 Å². The highest BCUT2D eigenvalue weighted by Crippen LogP contribution is 2.32. The van der Waals surface area contributed by atoms with Crippen molar-refractivity contribution in [1.29, 1.82) is 0 Å². The maximum Gasteiger partial charge on any atom is 0.165 e. The zero-order valence-electron chi connectivity index (χ0n) is 11.1. The molecule has 3 rings (SSSR count). The van der Waals surface area contributed by atoms with Gasteiger partial charge in [-0.05, 0) is 23.6 Å². The molecule has 1 aromatic heterocycles. The minimum absolute atomic E-state index is 0.0896. The molecule has 2 nitrogen and oxygen atoms in total. The van der Waals surface area contributed by atoms with Crippen LogP contribution in [0.5, 0.6) is 5.75 Å². The molecule has 0 atom stereocenters. The van der Waals surface area contributed by atoms with E-state index in [2.05, 4.69) is 0 Å². The minimum Gasteiger partial charge on any atom is -0.486 e. The molecule has 108 valence electrons. The molecule has 0 bridgehead atoms. The second kappa shape index (κ2) is 5.79. The van der Waals surface area contributed by atoms with Gasteiger partial charge < -0.3 is 10.5 Å². The lowest BCUT2D eigenvalue weighted by Gasteiger charge is -2.08. The van der Waals surface area contributed by atoms with Gasteiger partial charge in [0, 0.05) is 27.8 Å². The first kappa shape index (κ1) is 14.0. The monoisotopic (exact) mass is 305 g/mol. The lowest BCUT2D eigenvalue weighted by atomic mass is 10.1. The summed E-state index contributed by atoms with van der Waals surface area (Å²) in [5.41, 5.74) is 6.69. The first-order valence-corrected chi connectivity index (χ1v) is 7.28. The Morgan fingerprint density at radius 2 is 1.90 bits per heavy atom. The van der Waals surface area contributed by atoms with Crippen LogP contribution in [-0.2, 0) is 13.2 Å². The highest BCUT2D eigenvalue weighted by molar-refractivity contribution is 7.19. The first-order chi connectivity index (χ1) is 10.2. The van der Waals surface area contributed by atoms with E-state index in [1.165, 1.54) is 0 Å². The molecular formula is C16H13F2NOS. The summed E-state index contributed by atoms with van der Waals surface area (Å²) >= 11 is 1.59. The number of halogens is 2. The van der Waals surface area contributed by atoms with Crippen molar-refractivity contribution in [3.05, 3.63) is 64.5 Å². The zero-order chi connectivity index (χ0) is 14.8. The van der Waals surface area contributed by atoms with E-state index in [9.17, 15) is 8.78 Å². The van der Waals surface area contributed by atoms with Gasteiger partial charge >= 0.3 is 0 Å². The van der Waals surface area contributed by atoms with Gasteiger partial charge in [0.2, 0.25) is 0 Å². The number of ether oxygens (including phenoxy) is 1. The smallest absolute Gasteiger partial charge is 0.165 e. The summed E-state index contributed by atoms with van der Waals surface area (Å²) < 4.78 is 33.3. The van der Waals surface area contributed by atoms with Gasteiger partial charge in [0.05, 0.1) is 0 Å². The van der Waals surface area contributed by atoms with Crippen LogP contribution in [0.3, 0.4) is 0 Å². The second-order valence-electron chi connectivity index (χ2n) is 4.57. The molecule has 3 aromatic rings. The van der Waals surface area contributed by atoms with Crippen LogP contribution in [0.25, 0.3) is 10.1 Å². The van der Waals surface area contributed by atoms with Gasteiger partial charge in [0.25, 0.3) is 0 Å². The number of benzene rings is 2. The number of hydrogen-bond donors (Lipinski definition) is 1. The van der Waals surface area contributed by atoms with Gasteiger partial charge in [0.1, 0.15) is 12.4 Å². The molecule has 0 saturated carbocycles. The van der Waals surface area contributed by atoms with E-state index in [4.69, 9.17) is 10.5 Å². The summed E-state index contributed by atoms with van der Waals surface area (Å²) in [6.07, 6.45) is 0. The average Bonchev–Trinajstić information content (AvgIpc) is 2.86. The van der Waals surface area contributed by atoms with Crippen molar-refractivity contribution in [1.82, 2.24) is 0 Å². The lowest BCUT2D eigenvalue weighted by molar-refractivity contribution is 0.289. The number of fused-ring (bicyclic) bond motifs is 1. The predicted molar refractivity (Wildman–Crippen MR) is 80.4 cm³/mol. The summed E-state index contributed by atoms with van der Waals surface area (Å²) in [7, 11) is 0. The average molecular weight is 305 g/mol. The number of thiophene rings is 1. The Morgan fingerprint density at radius 3 is 2.71 bits per heavy atom. The van der Waals surface area contributed by atoms with E-state index in [0.29, 0.717) is 6.54 Å². The first-order valence-electron chi connectivity index (χ1n) is 6.46. The van der Waals surface area contributed by atoms with Crippen LogP contribution in [0.1, 0.15) is 10.4 Å². The number of rotatable bonds is 4. The highest BCUT2D eigenvalue weighted by atomic mass is 32.1. The summed E-state index contributed by atoms with van der Waals surface area (Å²) in [5.74, 6) is -1.20. The Morgan fingerprint density at radius 1 is 1.10 bits per heavy atom. The van der Waals surface area contributed by atoms with Crippen molar-refractivity contribution >= 4 is 21.4 Å². The SMILES string of the molecule is NCc1sc2ccccc2c1COc1cc(F)ccc1F. The van der Waals surface area contributed by atoms with E-state index in [1.807, 2.05) is 24.3 Å². The van der Waals surface area contributed by atoms with Crippen LogP contribution in [0.2, 0.25) is 0 Å². The van der Waals surface area contributed by atoms with Crippen LogP contribution < -0.4 is 10.5 Å². The molecule has 5 heteroatoms. The Bertz CT molecular complexity index is 785. The molecule has 0 unspecified atom stereocenters. The highest BCUT2D eigenvalue weighted by Gasteiger charge is 2.13. The Hall–Kier alpha value is -1.98. The molecule has 1 heterocycles. The van der Waals surface area contributed by atoms with Gasteiger partial charge in [0.15, 0.2) is 11.6 Å². The molecule has 0 aliphatic carbocycles. The Labute approximate surface area is 124 Å². The Kier molecular flexibility index (Phi) is 3.86. The summed E-state index contributed by atoms with van der Waals surface area (Å²) in [6, 6.07) is 11.0. The van der Waals surface area contributed by atoms with Crippen LogP contribution in [-0.4, -0.2) is 0 Å². The Balaban J connectivity index is 1.93. The van der Waals surface area contributed by atoms with E-state index in [-0.39, 0.29) is 12.4 Å². The second-order valence-corrected chi connectivity index (χ2v) is 5.70. The molecule has 0 aliphatic heterocycles. The van der Waals surface area contributed by atoms with Crippen molar-refractivity contribution in [2.24, 2.45) is 5.73 Å². The van der Waals surface area contributed by atoms with Gasteiger partial charge in [-0.3, -0.25) is 0 Å². The largest absolute Gasteiger partial charge is 0.486 e. The third kappa shape index (κ3) is 2.75. The molecule has 0 fully saturated rings. The van der Waals surface area contributed by atoms with Crippen molar-refractivity contribution in [3.8, 4) is 5.75 Å². The van der Waals surface area contributed by atoms with E-state index in [1.54, 1.807) is 11.3 Å². The van der Waals surface area contributed by atoms with E-state index >= 15 is 0 Å². The third-order valence-electron chi connectivity index (χ3n) is 3.23. The zero-order valence-corrected chi connectivity index (χ0v) is 11.9. The maximum atomic E-state index is 13.6. The fraction of sp³-hybridized carbons (Fsp3) is 0.125. The fourth-order valence-corrected chi connectivity index (χ4v) is 3.30. The van der Waals surface area contributed by atoms with Crippen LogP contribution >= 0.6 is 11.3 Å². The van der Waals surface area contributed by atoms with Crippen molar-refractivity contribution < 1.29 is 13.5 Å². The molecule has 2 aromatic carbocycles. The normalized spacial score (nSPS) is 11.0. The van der Waals surface area contributed by atoms with Crippen molar-refractivity contribution in [2.75, 3.05) is 0 Å². The van der Waals surface area contributed by atoms with Crippen LogP contribution in [0.4, 0.5) is 8.78 Å². The molecule has 0 radical (unpaired) electrons. The van der Waals surface area contributed by atoms with E-state index in [0.717, 1.165) is 38.7 Å². The fourth-order valence-electron chi connectivity index (χ4n) is 2.21. The lowest BCUT2D eigenvalue weighted by Crippen LogP contribution is -2.02. The van der Waals surface area contributed by atoms with E-state index < -0.39 is 11.6 Å². The quantitative estimate of drug-likeness (QED) is 0.783. The molecule has 0 saturated heterocycles. The standard InChI is InChI=1S/C16H13F2NOS/c17-10-5-6-13(18)14(7-10)20-9-12-11-3-1-2-4-15(11)21-16(12)8-19/h1-7H,8-9,19H2. The third-order valence-corrected chi connectivity index (χ3v) is 4.47. The molecule has 0 amide bonds. The van der Waals surface area contributed by atoms with Crippen molar-refractivity contribution in [2.45, 2.75) is 13.2 Å². The molecule has 21 heavy (non-hydrogen) atoms. The molecule has 2 N–H and O–H groups in total. The number of hydrogen-bond acceptors (Lipinski definition) is 3. The van der Waals surface area contributed by atoms with Gasteiger partial charge in [-0.1, -0.05) is 18.2 Å². The van der Waals surface area contributed by atoms with Crippen LogP contribution in [0, 0.1) is 11.6 Å². The minimum atomic E-state index is -0.578. The maximum absolute atomic E-state index is 13.6. The topological polar surface area (TPSA) is 35.2 Å².